The second kappa shape index (κ2) is 2.98. The number of nitrogen functional groups attached to an aromatic ring is 1. The molecule has 0 spiro atoms. The molecule has 0 aliphatic rings. The number of rotatable bonds is 1. The molecule has 0 saturated carbocycles. The maximum absolute atomic E-state index is 10.4. The second-order valence-corrected chi connectivity index (χ2v) is 2.81. The summed E-state index contributed by atoms with van der Waals surface area (Å²) in [5.41, 5.74) is 6.22. The monoisotopic (exact) mass is 186 g/mol. The van der Waals surface area contributed by atoms with Crippen molar-refractivity contribution in [1.29, 1.82) is 0 Å². The number of aryl methyl sites for hydroxylation is 1. The summed E-state index contributed by atoms with van der Waals surface area (Å²) in [6.45, 7) is 1.67. The minimum atomic E-state index is -0.550. The molecule has 0 aliphatic heterocycles. The number of halogens is 1. The first kappa shape index (κ1) is 8.80. The normalized spacial score (nSPS) is 9.83. The zero-order valence-corrected chi connectivity index (χ0v) is 7.13. The lowest BCUT2D eigenvalue weighted by Gasteiger charge is -2.00. The second-order valence-electron chi connectivity index (χ2n) is 2.43. The molecule has 64 valence electrons. The Labute approximate surface area is 74.1 Å². The van der Waals surface area contributed by atoms with Crippen LogP contribution in [0, 0.1) is 17.0 Å². The van der Waals surface area contributed by atoms with Crippen LogP contribution in [-0.2, 0) is 0 Å². The van der Waals surface area contributed by atoms with E-state index >= 15 is 0 Å². The summed E-state index contributed by atoms with van der Waals surface area (Å²) < 4.78 is 0. The summed E-state index contributed by atoms with van der Waals surface area (Å²) in [4.78, 5) is 9.84. The number of anilines is 1. The number of hydrogen-bond acceptors (Lipinski definition) is 3. The van der Waals surface area contributed by atoms with Gasteiger partial charge in [-0.3, -0.25) is 10.1 Å². The summed E-state index contributed by atoms with van der Waals surface area (Å²) in [7, 11) is 0. The Morgan fingerprint density at radius 3 is 2.67 bits per heavy atom. The van der Waals surface area contributed by atoms with E-state index in [1.54, 1.807) is 13.0 Å². The van der Waals surface area contributed by atoms with Gasteiger partial charge in [0.05, 0.1) is 4.92 Å². The molecular weight excluding hydrogens is 180 g/mol. The van der Waals surface area contributed by atoms with E-state index in [1.165, 1.54) is 6.07 Å². The molecule has 4 nitrogen and oxygen atoms in total. The van der Waals surface area contributed by atoms with Gasteiger partial charge in [-0.05, 0) is 18.6 Å². The van der Waals surface area contributed by atoms with E-state index in [4.69, 9.17) is 17.3 Å². The molecule has 0 amide bonds. The molecule has 0 bridgehead atoms. The van der Waals surface area contributed by atoms with E-state index in [9.17, 15) is 10.1 Å². The lowest BCUT2D eigenvalue weighted by Crippen LogP contribution is -1.94. The van der Waals surface area contributed by atoms with Crippen molar-refractivity contribution in [2.45, 2.75) is 6.92 Å². The summed E-state index contributed by atoms with van der Waals surface area (Å²) in [5.74, 6) is 0. The first-order chi connectivity index (χ1) is 5.52. The van der Waals surface area contributed by atoms with Gasteiger partial charge in [-0.2, -0.15) is 0 Å². The van der Waals surface area contributed by atoms with Gasteiger partial charge in [-0.1, -0.05) is 11.6 Å². The van der Waals surface area contributed by atoms with Crippen LogP contribution >= 0.6 is 11.6 Å². The highest BCUT2D eigenvalue weighted by atomic mass is 35.5. The molecular formula is C7H7ClN2O2. The maximum atomic E-state index is 10.4. The average Bonchev–Trinajstić information content (AvgIpc) is 1.96. The Hall–Kier alpha value is -1.29. The number of nitro benzene ring substituents is 1. The lowest BCUT2D eigenvalue weighted by atomic mass is 10.2. The highest BCUT2D eigenvalue weighted by Gasteiger charge is 2.14. The van der Waals surface area contributed by atoms with Crippen molar-refractivity contribution in [1.82, 2.24) is 0 Å². The van der Waals surface area contributed by atoms with Gasteiger partial charge < -0.3 is 5.73 Å². The van der Waals surface area contributed by atoms with Gasteiger partial charge in [-0.15, -0.1) is 0 Å². The molecule has 0 aromatic heterocycles. The van der Waals surface area contributed by atoms with E-state index in [2.05, 4.69) is 0 Å². The van der Waals surface area contributed by atoms with E-state index in [0.29, 0.717) is 11.3 Å². The molecule has 0 saturated heterocycles. The molecule has 5 heteroatoms. The molecule has 0 radical (unpaired) electrons. The molecule has 1 aromatic rings. The minimum absolute atomic E-state index is 0.144. The van der Waals surface area contributed by atoms with E-state index in [0.717, 1.165) is 0 Å². The largest absolute Gasteiger partial charge is 0.399 e. The smallest absolute Gasteiger partial charge is 0.290 e. The predicted octanol–water partition coefficient (Wildman–Crippen LogP) is 2.14. The van der Waals surface area contributed by atoms with Crippen LogP contribution in [0.25, 0.3) is 0 Å². The highest BCUT2D eigenvalue weighted by molar-refractivity contribution is 6.33. The first-order valence-corrected chi connectivity index (χ1v) is 3.60. The van der Waals surface area contributed by atoms with Crippen molar-refractivity contribution in [3.63, 3.8) is 0 Å². The molecule has 2 N–H and O–H groups in total. The SMILES string of the molecule is Cc1cc(N)cc([N+](=O)[O-])c1Cl. The van der Waals surface area contributed by atoms with Crippen LogP contribution in [0.3, 0.4) is 0 Å². The molecule has 1 aromatic carbocycles. The molecule has 1 rings (SSSR count). The van der Waals surface area contributed by atoms with Gasteiger partial charge in [0.2, 0.25) is 0 Å². The standard InChI is InChI=1S/C7H7ClN2O2/c1-4-2-5(9)3-6(7(4)8)10(11)12/h2-3H,9H2,1H3. The molecule has 0 heterocycles. The Kier molecular flexibility index (Phi) is 2.19. The molecule has 12 heavy (non-hydrogen) atoms. The van der Waals surface area contributed by atoms with Crippen molar-refractivity contribution in [3.8, 4) is 0 Å². The van der Waals surface area contributed by atoms with Crippen LogP contribution in [0.5, 0.6) is 0 Å². The van der Waals surface area contributed by atoms with Gasteiger partial charge in [-0.25, -0.2) is 0 Å². The maximum Gasteiger partial charge on any atom is 0.290 e. The van der Waals surface area contributed by atoms with E-state index in [-0.39, 0.29) is 10.7 Å². The third-order valence-corrected chi connectivity index (χ3v) is 1.95. The number of benzene rings is 1. The molecule has 0 atom stereocenters. The molecule has 0 aliphatic carbocycles. The summed E-state index contributed by atoms with van der Waals surface area (Å²) in [5, 5.41) is 10.5. The zero-order chi connectivity index (χ0) is 9.30. The van der Waals surface area contributed by atoms with Crippen molar-refractivity contribution >= 4 is 23.0 Å². The van der Waals surface area contributed by atoms with Crippen molar-refractivity contribution in [2.75, 3.05) is 5.73 Å². The Morgan fingerprint density at radius 2 is 2.17 bits per heavy atom. The average molecular weight is 187 g/mol. The van der Waals surface area contributed by atoms with Gasteiger partial charge in [0.25, 0.3) is 5.69 Å². The predicted molar refractivity (Wildman–Crippen MR) is 47.3 cm³/mol. The van der Waals surface area contributed by atoms with Crippen LogP contribution in [0.2, 0.25) is 5.02 Å². The molecule has 0 fully saturated rings. The third kappa shape index (κ3) is 1.48. The van der Waals surface area contributed by atoms with Gasteiger partial charge >= 0.3 is 0 Å². The summed E-state index contributed by atoms with van der Waals surface area (Å²) in [6, 6.07) is 2.84. The number of nitrogens with zero attached hydrogens (tertiary/aromatic N) is 1. The fourth-order valence-corrected chi connectivity index (χ4v) is 1.09. The van der Waals surface area contributed by atoms with Crippen LogP contribution in [0.15, 0.2) is 12.1 Å². The summed E-state index contributed by atoms with van der Waals surface area (Å²) in [6.07, 6.45) is 0. The van der Waals surface area contributed by atoms with Gasteiger partial charge in [0.15, 0.2) is 0 Å². The quantitative estimate of drug-likeness (QED) is 0.415. The van der Waals surface area contributed by atoms with Crippen LogP contribution in [-0.4, -0.2) is 4.92 Å². The van der Waals surface area contributed by atoms with Crippen LogP contribution in [0.4, 0.5) is 11.4 Å². The fourth-order valence-electron chi connectivity index (χ4n) is 0.911. The van der Waals surface area contributed by atoms with E-state index in [1.807, 2.05) is 0 Å². The summed E-state index contributed by atoms with van der Waals surface area (Å²) >= 11 is 5.66. The topological polar surface area (TPSA) is 69.2 Å². The van der Waals surface area contributed by atoms with Crippen molar-refractivity contribution < 1.29 is 4.92 Å². The first-order valence-electron chi connectivity index (χ1n) is 3.22. The highest BCUT2D eigenvalue weighted by Crippen LogP contribution is 2.29. The van der Waals surface area contributed by atoms with Gasteiger partial charge in [0.1, 0.15) is 5.02 Å². The Bertz CT molecular complexity index is 338. The third-order valence-electron chi connectivity index (χ3n) is 1.45. The number of hydrogen-bond donors (Lipinski definition) is 1. The van der Waals surface area contributed by atoms with E-state index < -0.39 is 4.92 Å². The Balaban J connectivity index is 3.37. The van der Waals surface area contributed by atoms with Crippen molar-refractivity contribution in [2.24, 2.45) is 0 Å². The minimum Gasteiger partial charge on any atom is -0.399 e. The Morgan fingerprint density at radius 1 is 1.58 bits per heavy atom. The van der Waals surface area contributed by atoms with Crippen LogP contribution in [0.1, 0.15) is 5.56 Å². The fraction of sp³-hybridized carbons (Fsp3) is 0.143. The van der Waals surface area contributed by atoms with Crippen molar-refractivity contribution in [3.05, 3.63) is 32.8 Å². The zero-order valence-electron chi connectivity index (χ0n) is 6.37. The molecule has 0 unspecified atom stereocenters. The number of nitrogens with two attached hydrogens (primary N) is 1. The number of nitro groups is 1. The van der Waals surface area contributed by atoms with Crippen LogP contribution < -0.4 is 5.73 Å². The van der Waals surface area contributed by atoms with Gasteiger partial charge in [0, 0.05) is 11.8 Å². The lowest BCUT2D eigenvalue weighted by molar-refractivity contribution is -0.384.